The first-order chi connectivity index (χ1) is 14.3. The molecule has 1 amide bonds. The van der Waals surface area contributed by atoms with Crippen molar-refractivity contribution in [2.24, 2.45) is 10.2 Å². The van der Waals surface area contributed by atoms with E-state index in [1.54, 1.807) is 0 Å². The van der Waals surface area contributed by atoms with Crippen molar-refractivity contribution in [2.75, 3.05) is 7.11 Å². The number of carboxylic acids is 1. The van der Waals surface area contributed by atoms with Crippen molar-refractivity contribution >= 4 is 35.0 Å². The zero-order valence-electron chi connectivity index (χ0n) is 15.3. The number of carbonyl (C=O) groups is 2. The zero-order chi connectivity index (χ0) is 23.4. The Morgan fingerprint density at radius 3 is 2.58 bits per heavy atom. The molecule has 1 aliphatic rings. The Bertz CT molecular complexity index is 908. The van der Waals surface area contributed by atoms with Crippen molar-refractivity contribution in [3.63, 3.8) is 0 Å². The Hall–Kier alpha value is -2.97. The molecule has 1 aromatic rings. The Balaban J connectivity index is 2.11. The summed E-state index contributed by atoms with van der Waals surface area (Å²) < 4.78 is 85.2. The van der Waals surface area contributed by atoms with E-state index in [9.17, 15) is 35.9 Å². The van der Waals surface area contributed by atoms with Crippen molar-refractivity contribution in [1.82, 2.24) is 5.32 Å². The van der Waals surface area contributed by atoms with Crippen molar-refractivity contribution in [2.45, 2.75) is 30.1 Å². The molecule has 1 aliphatic heterocycles. The van der Waals surface area contributed by atoms with Gasteiger partial charge in [0.25, 0.3) is 6.17 Å². The minimum atomic E-state index is -5.83. The third kappa shape index (κ3) is 6.50. The van der Waals surface area contributed by atoms with Gasteiger partial charge in [0.1, 0.15) is 5.25 Å². The van der Waals surface area contributed by atoms with E-state index in [2.05, 4.69) is 20.3 Å². The molecule has 2 atom stereocenters. The number of ether oxygens (including phenoxy) is 2. The average molecular weight is 473 g/mol. The summed E-state index contributed by atoms with van der Waals surface area (Å²) in [5.41, 5.74) is 0.181. The van der Waals surface area contributed by atoms with Gasteiger partial charge in [-0.05, 0) is 23.8 Å². The van der Waals surface area contributed by atoms with Crippen LogP contribution in [-0.2, 0) is 9.59 Å². The molecule has 0 bridgehead atoms. The van der Waals surface area contributed by atoms with Crippen LogP contribution in [0.5, 0.6) is 11.5 Å². The van der Waals surface area contributed by atoms with Crippen LogP contribution >= 0.6 is 11.8 Å². The molecule has 1 aromatic carbocycles. The average Bonchev–Trinajstić information content (AvgIpc) is 2.99. The first-order valence-corrected chi connectivity index (χ1v) is 8.97. The van der Waals surface area contributed by atoms with Crippen LogP contribution in [-0.4, -0.2) is 59.2 Å². The van der Waals surface area contributed by atoms with Crippen LogP contribution in [0.1, 0.15) is 12.0 Å². The number of carboxylic acid groups (broad SMARTS) is 1. The second-order valence-electron chi connectivity index (χ2n) is 5.82. The molecular formula is C16H13F6N3O5S. The van der Waals surface area contributed by atoms with Gasteiger partial charge in [0.2, 0.25) is 5.91 Å². The van der Waals surface area contributed by atoms with Crippen molar-refractivity contribution in [1.29, 1.82) is 0 Å². The summed E-state index contributed by atoms with van der Waals surface area (Å²) in [6.07, 6.45) is -14.9. The van der Waals surface area contributed by atoms with Gasteiger partial charge in [-0.2, -0.15) is 27.1 Å². The van der Waals surface area contributed by atoms with Crippen LogP contribution in [0.3, 0.4) is 0 Å². The Morgan fingerprint density at radius 2 is 2.00 bits per heavy atom. The van der Waals surface area contributed by atoms with E-state index < -0.39 is 53.5 Å². The van der Waals surface area contributed by atoms with Gasteiger partial charge in [-0.3, -0.25) is 9.59 Å². The number of amides is 1. The fourth-order valence-corrected chi connectivity index (χ4v) is 3.05. The fraction of sp³-hybridized carbons (Fsp3) is 0.375. The highest BCUT2D eigenvalue weighted by Gasteiger charge is 2.59. The Morgan fingerprint density at radius 1 is 1.32 bits per heavy atom. The standard InChI is InChI=1S/C16H13F6N3O5S/c1-29-9-4-7(2-3-8(9)30-16(21,22)13(17)15(18,19)20)6-23-25-14-24-12(28)10(31-14)5-11(26)27/h2-4,6,10,13H,5H2,1H3,(H,26,27)(H,24,25,28). The van der Waals surface area contributed by atoms with Crippen LogP contribution in [0.4, 0.5) is 26.3 Å². The highest BCUT2D eigenvalue weighted by molar-refractivity contribution is 8.15. The number of alkyl halides is 6. The minimum Gasteiger partial charge on any atom is -0.493 e. The van der Waals surface area contributed by atoms with Crippen molar-refractivity contribution in [3.8, 4) is 11.5 Å². The number of thioether (sulfide) groups is 1. The third-order valence-electron chi connectivity index (χ3n) is 3.51. The highest BCUT2D eigenvalue weighted by atomic mass is 32.2. The maximum atomic E-state index is 13.4. The normalized spacial score (nSPS) is 19.5. The van der Waals surface area contributed by atoms with Gasteiger partial charge in [-0.1, -0.05) is 11.8 Å². The summed E-state index contributed by atoms with van der Waals surface area (Å²) in [6.45, 7) is 0. The lowest BCUT2D eigenvalue weighted by Crippen LogP contribution is -2.45. The maximum Gasteiger partial charge on any atom is 0.439 e. The second-order valence-corrected chi connectivity index (χ2v) is 7.01. The second kappa shape index (κ2) is 9.45. The monoisotopic (exact) mass is 473 g/mol. The first kappa shape index (κ1) is 24.3. The molecule has 31 heavy (non-hydrogen) atoms. The van der Waals surface area contributed by atoms with Crippen molar-refractivity contribution < 1.29 is 50.5 Å². The molecule has 0 radical (unpaired) electrons. The summed E-state index contributed by atoms with van der Waals surface area (Å²) in [7, 11) is 1.02. The Labute approximate surface area is 174 Å². The topological polar surface area (TPSA) is 110 Å². The van der Waals surface area contributed by atoms with Gasteiger partial charge in [-0.15, -0.1) is 5.10 Å². The lowest BCUT2D eigenvalue weighted by Gasteiger charge is -2.23. The molecule has 170 valence electrons. The van der Waals surface area contributed by atoms with Crippen molar-refractivity contribution in [3.05, 3.63) is 23.8 Å². The van der Waals surface area contributed by atoms with E-state index in [4.69, 9.17) is 9.84 Å². The Kier molecular flexibility index (Phi) is 7.41. The minimum absolute atomic E-state index is 0.0280. The van der Waals surface area contributed by atoms with Crippen LogP contribution in [0.2, 0.25) is 0 Å². The summed E-state index contributed by atoms with van der Waals surface area (Å²) in [6, 6.07) is 2.98. The number of halogens is 6. The quantitative estimate of drug-likeness (QED) is 0.341. The van der Waals surface area contributed by atoms with E-state index in [0.29, 0.717) is 0 Å². The van der Waals surface area contributed by atoms with Gasteiger partial charge in [0.15, 0.2) is 16.7 Å². The molecule has 0 saturated carbocycles. The lowest BCUT2D eigenvalue weighted by molar-refractivity contribution is -0.305. The van der Waals surface area contributed by atoms with Crippen LogP contribution in [0.25, 0.3) is 0 Å². The molecule has 2 unspecified atom stereocenters. The number of methoxy groups -OCH3 is 1. The van der Waals surface area contributed by atoms with E-state index in [-0.39, 0.29) is 10.7 Å². The molecule has 1 saturated heterocycles. The van der Waals surface area contributed by atoms with E-state index in [1.165, 1.54) is 0 Å². The molecule has 0 aliphatic carbocycles. The van der Waals surface area contributed by atoms with Crippen LogP contribution < -0.4 is 14.8 Å². The predicted octanol–water partition coefficient (Wildman–Crippen LogP) is 2.96. The smallest absolute Gasteiger partial charge is 0.439 e. The first-order valence-electron chi connectivity index (χ1n) is 8.09. The number of amidine groups is 1. The van der Waals surface area contributed by atoms with E-state index >= 15 is 0 Å². The third-order valence-corrected chi connectivity index (χ3v) is 4.58. The summed E-state index contributed by atoms with van der Waals surface area (Å²) >= 11 is 0.843. The van der Waals surface area contributed by atoms with Crippen LogP contribution in [0, 0.1) is 0 Å². The zero-order valence-corrected chi connectivity index (χ0v) is 16.1. The highest BCUT2D eigenvalue weighted by Crippen LogP contribution is 2.39. The summed E-state index contributed by atoms with van der Waals surface area (Å²) in [4.78, 5) is 22.2. The fourth-order valence-electron chi connectivity index (χ4n) is 2.13. The van der Waals surface area contributed by atoms with Gasteiger partial charge in [-0.25, -0.2) is 4.39 Å². The van der Waals surface area contributed by atoms with Gasteiger partial charge in [0, 0.05) is 0 Å². The number of carbonyl (C=O) groups excluding carboxylic acids is 1. The summed E-state index contributed by atoms with van der Waals surface area (Å²) in [5.74, 6) is -3.02. The molecule has 1 heterocycles. The SMILES string of the molecule is COc1cc(C=NN=C2NC(=O)C(CC(=O)O)S2)ccc1OC(F)(F)C(F)C(F)(F)F. The maximum absolute atomic E-state index is 13.4. The molecule has 15 heteroatoms. The number of hydrogen-bond donors (Lipinski definition) is 2. The predicted molar refractivity (Wildman–Crippen MR) is 96.3 cm³/mol. The number of aliphatic carboxylic acids is 1. The number of nitrogens with zero attached hydrogens (tertiary/aromatic N) is 2. The van der Waals surface area contributed by atoms with Crippen LogP contribution in [0.15, 0.2) is 28.4 Å². The van der Waals surface area contributed by atoms with Gasteiger partial charge < -0.3 is 19.9 Å². The van der Waals surface area contributed by atoms with E-state index in [1.807, 2.05) is 0 Å². The van der Waals surface area contributed by atoms with Gasteiger partial charge >= 0.3 is 18.3 Å². The lowest BCUT2D eigenvalue weighted by atomic mass is 10.2. The largest absolute Gasteiger partial charge is 0.493 e. The molecule has 2 N–H and O–H groups in total. The molecule has 2 rings (SSSR count). The number of nitrogens with one attached hydrogen (secondary N) is 1. The number of hydrogen-bond acceptors (Lipinski definition) is 7. The summed E-state index contributed by atoms with van der Waals surface area (Å²) in [5, 5.41) is 17.5. The molecule has 1 fully saturated rings. The molecule has 0 spiro atoms. The number of rotatable bonds is 8. The van der Waals surface area contributed by atoms with E-state index in [0.717, 1.165) is 43.3 Å². The number of benzene rings is 1. The molecule has 0 aromatic heterocycles. The van der Waals surface area contributed by atoms with Gasteiger partial charge in [0.05, 0.1) is 19.7 Å². The molecular weight excluding hydrogens is 460 g/mol. The molecule has 8 nitrogen and oxygen atoms in total.